The molecule has 16 heavy (non-hydrogen) atoms. The molecule has 3 nitrogen and oxygen atoms in total. The lowest BCUT2D eigenvalue weighted by Crippen LogP contribution is -2.31. The van der Waals surface area contributed by atoms with E-state index in [1.807, 2.05) is 17.7 Å². The molecule has 0 aliphatic heterocycles. The molecule has 3 heteroatoms. The van der Waals surface area contributed by atoms with E-state index in [0.717, 1.165) is 37.2 Å². The van der Waals surface area contributed by atoms with E-state index in [0.29, 0.717) is 6.42 Å². The van der Waals surface area contributed by atoms with Crippen molar-refractivity contribution in [2.24, 2.45) is 0 Å². The number of aryl methyl sites for hydroxylation is 2. The molecule has 0 radical (unpaired) electrons. The summed E-state index contributed by atoms with van der Waals surface area (Å²) in [6.45, 7) is 4.94. The van der Waals surface area contributed by atoms with E-state index in [1.165, 1.54) is 0 Å². The molecule has 0 fully saturated rings. The zero-order chi connectivity index (χ0) is 11.6. The van der Waals surface area contributed by atoms with Crippen molar-refractivity contribution < 1.29 is 5.11 Å². The Morgan fingerprint density at radius 2 is 2.38 bits per heavy atom. The van der Waals surface area contributed by atoms with Gasteiger partial charge in [0.25, 0.3) is 0 Å². The summed E-state index contributed by atoms with van der Waals surface area (Å²) in [6, 6.07) is 2.07. The lowest BCUT2D eigenvalue weighted by molar-refractivity contribution is 0.0729. The third kappa shape index (κ3) is 2.35. The molecule has 2 rings (SSSR count). The molecule has 0 spiro atoms. The molecule has 0 amide bonds. The van der Waals surface area contributed by atoms with E-state index < -0.39 is 5.60 Å². The zero-order valence-electron chi connectivity index (χ0n) is 10.1. The number of hydrogen-bond acceptors (Lipinski definition) is 2. The van der Waals surface area contributed by atoms with E-state index in [9.17, 15) is 5.11 Å². The minimum atomic E-state index is -0.655. The van der Waals surface area contributed by atoms with Gasteiger partial charge >= 0.3 is 0 Å². The fourth-order valence-electron chi connectivity index (χ4n) is 2.39. The third-order valence-corrected chi connectivity index (χ3v) is 3.18. The maximum Gasteiger partial charge on any atom is 0.0882 e. The molecule has 0 saturated heterocycles. The summed E-state index contributed by atoms with van der Waals surface area (Å²) in [7, 11) is 0. The van der Waals surface area contributed by atoms with Gasteiger partial charge in [0.1, 0.15) is 0 Å². The maximum absolute atomic E-state index is 10.4. The quantitative estimate of drug-likeness (QED) is 0.793. The van der Waals surface area contributed by atoms with Gasteiger partial charge in [-0.2, -0.15) is 5.10 Å². The Labute approximate surface area is 96.8 Å². The Kier molecular flexibility index (Phi) is 3.15. The number of rotatable bonds is 3. The van der Waals surface area contributed by atoms with E-state index >= 15 is 0 Å². The van der Waals surface area contributed by atoms with Crippen molar-refractivity contribution in [1.82, 2.24) is 9.78 Å². The lowest BCUT2D eigenvalue weighted by atomic mass is 9.87. The topological polar surface area (TPSA) is 38.0 Å². The predicted molar refractivity (Wildman–Crippen MR) is 64.3 cm³/mol. The largest absolute Gasteiger partial charge is 0.385 e. The highest BCUT2D eigenvalue weighted by atomic mass is 16.3. The molecule has 1 aromatic heterocycles. The van der Waals surface area contributed by atoms with Crippen LogP contribution in [0.15, 0.2) is 18.2 Å². The monoisotopic (exact) mass is 220 g/mol. The molecule has 1 aromatic rings. The molecule has 1 N–H and O–H groups in total. The smallest absolute Gasteiger partial charge is 0.0882 e. The summed E-state index contributed by atoms with van der Waals surface area (Å²) in [6.07, 6.45) is 7.75. The molecule has 1 aliphatic carbocycles. The Morgan fingerprint density at radius 1 is 1.56 bits per heavy atom. The van der Waals surface area contributed by atoms with Gasteiger partial charge in [-0.1, -0.05) is 12.2 Å². The van der Waals surface area contributed by atoms with Crippen LogP contribution in [-0.4, -0.2) is 20.5 Å². The molecular formula is C13H20N2O. The Morgan fingerprint density at radius 3 is 3.00 bits per heavy atom. The molecule has 88 valence electrons. The van der Waals surface area contributed by atoms with Crippen molar-refractivity contribution in [3.8, 4) is 0 Å². The number of aromatic nitrogens is 2. The molecule has 0 bridgehead atoms. The van der Waals surface area contributed by atoms with Gasteiger partial charge in [-0.25, -0.2) is 0 Å². The van der Waals surface area contributed by atoms with Crippen LogP contribution < -0.4 is 0 Å². The number of aliphatic hydroxyl groups is 1. The van der Waals surface area contributed by atoms with Crippen LogP contribution in [0.1, 0.15) is 37.6 Å². The second-order valence-corrected chi connectivity index (χ2v) is 4.67. The minimum absolute atomic E-state index is 0.655. The standard InChI is InChI=1S/C13H20N2O/c1-3-15-12(9-11(2)14-15)10-13(16)7-5-4-6-8-13/h5,7,9,16H,3-4,6,8,10H2,1-2H3. The van der Waals surface area contributed by atoms with Crippen molar-refractivity contribution in [3.05, 3.63) is 29.6 Å². The molecule has 1 aliphatic rings. The summed E-state index contributed by atoms with van der Waals surface area (Å²) < 4.78 is 1.98. The summed E-state index contributed by atoms with van der Waals surface area (Å²) in [5.41, 5.74) is 1.51. The van der Waals surface area contributed by atoms with Gasteiger partial charge in [-0.15, -0.1) is 0 Å². The van der Waals surface area contributed by atoms with Gasteiger partial charge in [0.05, 0.1) is 11.3 Å². The van der Waals surface area contributed by atoms with E-state index in [4.69, 9.17) is 0 Å². The van der Waals surface area contributed by atoms with E-state index in [1.54, 1.807) is 0 Å². The predicted octanol–water partition coefficient (Wildman–Crippen LogP) is 2.23. The second-order valence-electron chi connectivity index (χ2n) is 4.67. The number of nitrogens with zero attached hydrogens (tertiary/aromatic N) is 2. The Balaban J connectivity index is 2.19. The fraction of sp³-hybridized carbons (Fsp3) is 0.615. The van der Waals surface area contributed by atoms with Crippen LogP contribution in [0.4, 0.5) is 0 Å². The summed E-state index contributed by atoms with van der Waals surface area (Å²) in [5, 5.41) is 14.8. The normalized spacial score (nSPS) is 24.9. The van der Waals surface area contributed by atoms with Gasteiger partial charge < -0.3 is 5.11 Å². The van der Waals surface area contributed by atoms with Crippen LogP contribution in [0, 0.1) is 6.92 Å². The van der Waals surface area contributed by atoms with Crippen LogP contribution in [0.2, 0.25) is 0 Å². The van der Waals surface area contributed by atoms with Crippen LogP contribution in [-0.2, 0) is 13.0 Å². The SMILES string of the molecule is CCn1nc(C)cc1CC1(O)C=CCCC1. The first-order valence-corrected chi connectivity index (χ1v) is 6.06. The maximum atomic E-state index is 10.4. The highest BCUT2D eigenvalue weighted by Gasteiger charge is 2.27. The summed E-state index contributed by atoms with van der Waals surface area (Å²) in [4.78, 5) is 0. The molecule has 1 heterocycles. The third-order valence-electron chi connectivity index (χ3n) is 3.18. The van der Waals surface area contributed by atoms with Crippen molar-refractivity contribution in [2.45, 2.75) is 51.7 Å². The second kappa shape index (κ2) is 4.42. The average molecular weight is 220 g/mol. The average Bonchev–Trinajstić information content (AvgIpc) is 2.59. The van der Waals surface area contributed by atoms with Gasteiger partial charge in [0.2, 0.25) is 0 Å². The molecule has 1 unspecified atom stereocenters. The van der Waals surface area contributed by atoms with Crippen LogP contribution in [0.25, 0.3) is 0 Å². The van der Waals surface area contributed by atoms with E-state index in [-0.39, 0.29) is 0 Å². The molecule has 1 atom stereocenters. The zero-order valence-corrected chi connectivity index (χ0v) is 10.1. The fourth-order valence-corrected chi connectivity index (χ4v) is 2.39. The highest BCUT2D eigenvalue weighted by molar-refractivity contribution is 5.16. The van der Waals surface area contributed by atoms with Crippen LogP contribution >= 0.6 is 0 Å². The van der Waals surface area contributed by atoms with Gasteiger partial charge in [-0.3, -0.25) is 4.68 Å². The van der Waals surface area contributed by atoms with Crippen molar-refractivity contribution in [2.75, 3.05) is 0 Å². The number of hydrogen-bond donors (Lipinski definition) is 1. The first kappa shape index (κ1) is 11.4. The van der Waals surface area contributed by atoms with Gasteiger partial charge in [-0.05, 0) is 39.2 Å². The molecule has 0 aromatic carbocycles. The van der Waals surface area contributed by atoms with Gasteiger partial charge in [0, 0.05) is 18.7 Å². The minimum Gasteiger partial charge on any atom is -0.385 e. The van der Waals surface area contributed by atoms with Crippen molar-refractivity contribution >= 4 is 0 Å². The van der Waals surface area contributed by atoms with Crippen molar-refractivity contribution in [1.29, 1.82) is 0 Å². The first-order valence-electron chi connectivity index (χ1n) is 6.06. The lowest BCUT2D eigenvalue weighted by Gasteiger charge is -2.27. The van der Waals surface area contributed by atoms with Gasteiger partial charge in [0.15, 0.2) is 0 Å². The molecular weight excluding hydrogens is 200 g/mol. The Bertz CT molecular complexity index is 395. The van der Waals surface area contributed by atoms with Crippen LogP contribution in [0.5, 0.6) is 0 Å². The summed E-state index contributed by atoms with van der Waals surface area (Å²) >= 11 is 0. The summed E-state index contributed by atoms with van der Waals surface area (Å²) in [5.74, 6) is 0. The highest BCUT2D eigenvalue weighted by Crippen LogP contribution is 2.26. The molecule has 0 saturated carbocycles. The first-order chi connectivity index (χ1) is 7.63. The van der Waals surface area contributed by atoms with E-state index in [2.05, 4.69) is 24.2 Å². The van der Waals surface area contributed by atoms with Crippen LogP contribution in [0.3, 0.4) is 0 Å². The van der Waals surface area contributed by atoms with Crippen molar-refractivity contribution in [3.63, 3.8) is 0 Å². The number of allylic oxidation sites excluding steroid dienone is 1. The Hall–Kier alpha value is -1.09.